The highest BCUT2D eigenvalue weighted by atomic mass is 19.1. The van der Waals surface area contributed by atoms with Crippen LogP contribution in [0.4, 0.5) is 35.5 Å². The molecule has 37 heavy (non-hydrogen) atoms. The number of aromatic nitrogens is 4. The first-order valence-corrected chi connectivity index (χ1v) is 12.3. The summed E-state index contributed by atoms with van der Waals surface area (Å²) in [6.07, 6.45) is 4.84. The van der Waals surface area contributed by atoms with E-state index in [2.05, 4.69) is 25.6 Å². The monoisotopic (exact) mass is 518 g/mol. The standard InChI is InChI=1S/C24H29F3N8O.CH4/c1-14(2)29-22-28-13-19-21(32-22)35(23(30-19)31-20-17(26)11-15(25)12-18(20)27)16-5-9-34(10-6-16)24(36)33-7-3-4-8-33;/h11-14,16H,3-10H2,1-2H3,(H,30,31)(H,28,29,32);1H4. The Morgan fingerprint density at radius 2 is 1.62 bits per heavy atom. The summed E-state index contributed by atoms with van der Waals surface area (Å²) in [5, 5.41) is 5.88. The summed E-state index contributed by atoms with van der Waals surface area (Å²) in [4.78, 5) is 30.0. The Labute approximate surface area is 214 Å². The number of hydrogen-bond acceptors (Lipinski definition) is 6. The van der Waals surface area contributed by atoms with Crippen LogP contribution in [0.25, 0.3) is 11.2 Å². The van der Waals surface area contributed by atoms with Crippen LogP contribution in [-0.2, 0) is 0 Å². The molecule has 2 aliphatic rings. The highest BCUT2D eigenvalue weighted by Gasteiger charge is 2.31. The number of halogens is 3. The average molecular weight is 519 g/mol. The van der Waals surface area contributed by atoms with Crippen LogP contribution in [-0.4, -0.2) is 67.6 Å². The lowest BCUT2D eigenvalue weighted by atomic mass is 10.0. The second-order valence-electron chi connectivity index (χ2n) is 9.57. The van der Waals surface area contributed by atoms with Crippen LogP contribution in [0.2, 0.25) is 0 Å². The molecule has 0 unspecified atom stereocenters. The van der Waals surface area contributed by atoms with Gasteiger partial charge in [-0.1, -0.05) is 7.43 Å². The third-order valence-electron chi connectivity index (χ3n) is 6.57. The molecule has 0 spiro atoms. The van der Waals surface area contributed by atoms with Crippen molar-refractivity contribution in [2.45, 2.75) is 59.0 Å². The number of likely N-dealkylation sites (tertiary alicyclic amines) is 2. The summed E-state index contributed by atoms with van der Waals surface area (Å²) in [5.74, 6) is -2.55. The smallest absolute Gasteiger partial charge is 0.319 e. The van der Waals surface area contributed by atoms with E-state index in [4.69, 9.17) is 0 Å². The molecule has 9 nitrogen and oxygen atoms in total. The van der Waals surface area contributed by atoms with Crippen molar-refractivity contribution in [1.82, 2.24) is 29.3 Å². The molecule has 0 atom stereocenters. The molecule has 2 aromatic heterocycles. The maximum Gasteiger partial charge on any atom is 0.319 e. The van der Waals surface area contributed by atoms with Gasteiger partial charge in [-0.05, 0) is 39.5 Å². The Balaban J connectivity index is 0.00000320. The first-order valence-electron chi connectivity index (χ1n) is 12.3. The van der Waals surface area contributed by atoms with Gasteiger partial charge in [-0.3, -0.25) is 4.57 Å². The Kier molecular flexibility index (Phi) is 7.74. The normalized spacial score (nSPS) is 16.4. The fraction of sp³-hybridized carbons (Fsp3) is 0.520. The van der Waals surface area contributed by atoms with Gasteiger partial charge in [0.15, 0.2) is 17.3 Å². The Morgan fingerprint density at radius 1 is 1.00 bits per heavy atom. The second kappa shape index (κ2) is 10.8. The predicted molar refractivity (Wildman–Crippen MR) is 136 cm³/mol. The van der Waals surface area contributed by atoms with Crippen molar-refractivity contribution < 1.29 is 18.0 Å². The zero-order chi connectivity index (χ0) is 25.4. The van der Waals surface area contributed by atoms with E-state index in [0.29, 0.717) is 55.2 Å². The molecule has 2 saturated heterocycles. The van der Waals surface area contributed by atoms with Gasteiger partial charge < -0.3 is 20.4 Å². The number of carbonyl (C=O) groups is 1. The highest BCUT2D eigenvalue weighted by Crippen LogP contribution is 2.33. The van der Waals surface area contributed by atoms with Gasteiger partial charge >= 0.3 is 6.03 Å². The van der Waals surface area contributed by atoms with Gasteiger partial charge in [-0.15, -0.1) is 0 Å². The number of nitrogens with one attached hydrogen (secondary N) is 2. The van der Waals surface area contributed by atoms with E-state index < -0.39 is 23.1 Å². The molecule has 2 N–H and O–H groups in total. The topological polar surface area (TPSA) is 91.2 Å². The van der Waals surface area contributed by atoms with Crippen LogP contribution in [0.1, 0.15) is 53.0 Å². The van der Waals surface area contributed by atoms with E-state index in [0.717, 1.165) is 25.9 Å². The van der Waals surface area contributed by atoms with Crippen molar-refractivity contribution in [1.29, 1.82) is 0 Å². The molecular weight excluding hydrogens is 485 g/mol. The van der Waals surface area contributed by atoms with Crippen LogP contribution in [0.15, 0.2) is 18.3 Å². The van der Waals surface area contributed by atoms with E-state index in [1.54, 1.807) is 6.20 Å². The number of hydrogen-bond donors (Lipinski definition) is 2. The molecule has 0 radical (unpaired) electrons. The predicted octanol–water partition coefficient (Wildman–Crippen LogP) is 5.30. The number of imidazole rings is 1. The van der Waals surface area contributed by atoms with Crippen LogP contribution < -0.4 is 10.6 Å². The van der Waals surface area contributed by atoms with Crippen molar-refractivity contribution >= 4 is 34.8 Å². The van der Waals surface area contributed by atoms with Crippen molar-refractivity contribution in [2.24, 2.45) is 0 Å². The molecule has 0 aliphatic carbocycles. The SMILES string of the molecule is C.CC(C)Nc1ncc2nc(Nc3c(F)cc(F)cc3F)n(C3CCN(C(=O)N4CCCC4)CC3)c2n1. The molecule has 0 bridgehead atoms. The molecule has 2 aliphatic heterocycles. The molecule has 1 aromatic carbocycles. The number of carbonyl (C=O) groups excluding carboxylic acids is 1. The van der Waals surface area contributed by atoms with Gasteiger partial charge in [-0.25, -0.2) is 27.9 Å². The van der Waals surface area contributed by atoms with Crippen LogP contribution in [0.5, 0.6) is 0 Å². The fourth-order valence-electron chi connectivity index (χ4n) is 4.85. The zero-order valence-electron chi connectivity index (χ0n) is 20.3. The Hall–Kier alpha value is -3.57. The molecule has 12 heteroatoms. The lowest BCUT2D eigenvalue weighted by molar-refractivity contribution is 0.142. The van der Waals surface area contributed by atoms with Gasteiger partial charge in [0.25, 0.3) is 0 Å². The molecule has 3 aromatic rings. The minimum absolute atomic E-state index is 0. The fourth-order valence-corrected chi connectivity index (χ4v) is 4.85. The first kappa shape index (κ1) is 26.5. The van der Waals surface area contributed by atoms with E-state index in [-0.39, 0.29) is 31.5 Å². The summed E-state index contributed by atoms with van der Waals surface area (Å²) in [7, 11) is 0. The summed E-state index contributed by atoms with van der Waals surface area (Å²) in [5.41, 5.74) is 0.455. The average Bonchev–Trinajstić information content (AvgIpc) is 3.49. The van der Waals surface area contributed by atoms with E-state index in [1.807, 2.05) is 28.2 Å². The highest BCUT2D eigenvalue weighted by molar-refractivity contribution is 5.77. The third-order valence-corrected chi connectivity index (χ3v) is 6.57. The van der Waals surface area contributed by atoms with E-state index >= 15 is 0 Å². The molecule has 4 heterocycles. The minimum Gasteiger partial charge on any atom is -0.352 e. The van der Waals surface area contributed by atoms with Gasteiger partial charge in [0.05, 0.1) is 6.20 Å². The maximum absolute atomic E-state index is 14.5. The number of piperidine rings is 1. The summed E-state index contributed by atoms with van der Waals surface area (Å²) in [6, 6.07) is 1.25. The zero-order valence-corrected chi connectivity index (χ0v) is 20.3. The van der Waals surface area contributed by atoms with Crippen LogP contribution >= 0.6 is 0 Å². The molecule has 0 saturated carbocycles. The van der Waals surface area contributed by atoms with E-state index in [1.165, 1.54) is 0 Å². The Morgan fingerprint density at radius 3 is 2.24 bits per heavy atom. The number of amides is 2. The van der Waals surface area contributed by atoms with Crippen molar-refractivity contribution in [2.75, 3.05) is 36.8 Å². The summed E-state index contributed by atoms with van der Waals surface area (Å²) < 4.78 is 44.2. The van der Waals surface area contributed by atoms with Gasteiger partial charge in [0, 0.05) is 50.4 Å². The molecule has 5 rings (SSSR count). The van der Waals surface area contributed by atoms with Gasteiger partial charge in [0.2, 0.25) is 11.9 Å². The lowest BCUT2D eigenvalue weighted by Gasteiger charge is -2.35. The van der Waals surface area contributed by atoms with Crippen molar-refractivity contribution in [3.05, 3.63) is 35.8 Å². The van der Waals surface area contributed by atoms with Crippen molar-refractivity contribution in [3.8, 4) is 0 Å². The molecule has 2 fully saturated rings. The molecule has 200 valence electrons. The maximum atomic E-state index is 14.5. The summed E-state index contributed by atoms with van der Waals surface area (Å²) in [6.45, 7) is 6.59. The summed E-state index contributed by atoms with van der Waals surface area (Å²) >= 11 is 0. The lowest BCUT2D eigenvalue weighted by Crippen LogP contribution is -2.45. The molecule has 2 amide bonds. The minimum atomic E-state index is -1.06. The number of benzene rings is 1. The number of rotatable bonds is 5. The van der Waals surface area contributed by atoms with Crippen molar-refractivity contribution in [3.63, 3.8) is 0 Å². The van der Waals surface area contributed by atoms with Gasteiger partial charge in [-0.2, -0.15) is 4.98 Å². The van der Waals surface area contributed by atoms with Crippen LogP contribution in [0.3, 0.4) is 0 Å². The quantitative estimate of drug-likeness (QED) is 0.477. The number of nitrogens with zero attached hydrogens (tertiary/aromatic N) is 6. The van der Waals surface area contributed by atoms with Crippen LogP contribution in [0, 0.1) is 17.5 Å². The second-order valence-corrected chi connectivity index (χ2v) is 9.57. The van der Waals surface area contributed by atoms with Gasteiger partial charge in [0.1, 0.15) is 17.0 Å². The first-order chi connectivity index (χ1) is 17.3. The third kappa shape index (κ3) is 5.42. The number of fused-ring (bicyclic) bond motifs is 1. The Bertz CT molecular complexity index is 1240. The van der Waals surface area contributed by atoms with E-state index in [9.17, 15) is 18.0 Å². The molecular formula is C25H33F3N8O. The largest absolute Gasteiger partial charge is 0.352 e. The number of urea groups is 1. The number of anilines is 3.